The molecule has 0 saturated heterocycles. The molecule has 3 rings (SSSR count). The average molecular weight is 400 g/mol. The van der Waals surface area contributed by atoms with Gasteiger partial charge in [-0.3, -0.25) is 10.1 Å². The van der Waals surface area contributed by atoms with E-state index in [0.29, 0.717) is 16.6 Å². The maximum atomic E-state index is 12.4. The molecule has 1 aromatic heterocycles. The van der Waals surface area contributed by atoms with Crippen LogP contribution in [0.25, 0.3) is 10.2 Å². The number of hydrogen-bond donors (Lipinski definition) is 1. The summed E-state index contributed by atoms with van der Waals surface area (Å²) >= 11 is 1.37. The topological polar surface area (TPSA) is 86.8 Å². The van der Waals surface area contributed by atoms with Crippen molar-refractivity contribution in [2.75, 3.05) is 26.1 Å². The molecule has 0 saturated carbocycles. The second-order valence-electron chi connectivity index (χ2n) is 6.11. The molecule has 28 heavy (non-hydrogen) atoms. The van der Waals surface area contributed by atoms with Crippen LogP contribution in [0.3, 0.4) is 0 Å². The SMILES string of the molecule is COc1cccc(OC)c1C(=O)OCC(=O)Nc1nc2c(C)cc(C)cc2s1. The number of hydrogen-bond acceptors (Lipinski definition) is 7. The van der Waals surface area contributed by atoms with Crippen LogP contribution in [0.15, 0.2) is 30.3 Å². The average Bonchev–Trinajstić information content (AvgIpc) is 3.07. The Morgan fingerprint density at radius 2 is 1.79 bits per heavy atom. The van der Waals surface area contributed by atoms with E-state index in [1.54, 1.807) is 18.2 Å². The number of thiazole rings is 1. The molecule has 1 amide bonds. The predicted octanol–water partition coefficient (Wildman–Crippen LogP) is 3.73. The monoisotopic (exact) mass is 400 g/mol. The zero-order valence-corrected chi connectivity index (χ0v) is 16.8. The van der Waals surface area contributed by atoms with Crippen molar-refractivity contribution in [2.24, 2.45) is 0 Å². The van der Waals surface area contributed by atoms with Crippen molar-refractivity contribution in [2.45, 2.75) is 13.8 Å². The van der Waals surface area contributed by atoms with Gasteiger partial charge in [0, 0.05) is 0 Å². The van der Waals surface area contributed by atoms with E-state index in [2.05, 4.69) is 10.3 Å². The standard InChI is InChI=1S/C20H20N2O5S/c1-11-8-12(2)18-15(9-11)28-20(22-18)21-16(23)10-27-19(24)17-13(25-3)6-5-7-14(17)26-4/h5-9H,10H2,1-4H3,(H,21,22,23). The van der Waals surface area contributed by atoms with Crippen molar-refractivity contribution in [3.8, 4) is 11.5 Å². The number of aromatic nitrogens is 1. The maximum absolute atomic E-state index is 12.4. The molecule has 0 aliphatic carbocycles. The van der Waals surface area contributed by atoms with Gasteiger partial charge in [-0.1, -0.05) is 23.5 Å². The van der Waals surface area contributed by atoms with Crippen molar-refractivity contribution in [3.05, 3.63) is 47.0 Å². The lowest BCUT2D eigenvalue weighted by Crippen LogP contribution is -2.21. The van der Waals surface area contributed by atoms with Gasteiger partial charge in [0.05, 0.1) is 24.4 Å². The number of benzene rings is 2. The van der Waals surface area contributed by atoms with Crippen LogP contribution >= 0.6 is 11.3 Å². The van der Waals surface area contributed by atoms with E-state index < -0.39 is 18.5 Å². The largest absolute Gasteiger partial charge is 0.496 e. The Balaban J connectivity index is 1.68. The van der Waals surface area contributed by atoms with E-state index in [4.69, 9.17) is 14.2 Å². The summed E-state index contributed by atoms with van der Waals surface area (Å²) in [6.07, 6.45) is 0. The fraction of sp³-hybridized carbons (Fsp3) is 0.250. The number of ether oxygens (including phenoxy) is 3. The van der Waals surface area contributed by atoms with Crippen LogP contribution in [0, 0.1) is 13.8 Å². The summed E-state index contributed by atoms with van der Waals surface area (Å²) in [5.74, 6) is -0.570. The quantitative estimate of drug-likeness (QED) is 0.635. The lowest BCUT2D eigenvalue weighted by molar-refractivity contribution is -0.119. The highest BCUT2D eigenvalue weighted by Gasteiger charge is 2.21. The Labute approximate surface area is 166 Å². The molecule has 0 radical (unpaired) electrons. The van der Waals surface area contributed by atoms with Crippen molar-refractivity contribution in [3.63, 3.8) is 0 Å². The Hall–Kier alpha value is -3.13. The van der Waals surface area contributed by atoms with E-state index >= 15 is 0 Å². The van der Waals surface area contributed by atoms with E-state index in [9.17, 15) is 9.59 Å². The van der Waals surface area contributed by atoms with Gasteiger partial charge in [0.25, 0.3) is 5.91 Å². The summed E-state index contributed by atoms with van der Waals surface area (Å²) in [7, 11) is 2.88. The molecule has 0 aliphatic rings. The van der Waals surface area contributed by atoms with Gasteiger partial charge in [-0.25, -0.2) is 9.78 Å². The minimum absolute atomic E-state index is 0.131. The van der Waals surface area contributed by atoms with Crippen molar-refractivity contribution in [1.82, 2.24) is 4.98 Å². The molecule has 1 heterocycles. The lowest BCUT2D eigenvalue weighted by Gasteiger charge is -2.12. The summed E-state index contributed by atoms with van der Waals surface area (Å²) in [5.41, 5.74) is 3.15. The molecule has 2 aromatic carbocycles. The van der Waals surface area contributed by atoms with Crippen LogP contribution in [-0.4, -0.2) is 37.7 Å². The Bertz CT molecular complexity index is 1020. The zero-order chi connectivity index (χ0) is 20.3. The van der Waals surface area contributed by atoms with Gasteiger partial charge < -0.3 is 14.2 Å². The molecule has 1 N–H and O–H groups in total. The van der Waals surface area contributed by atoms with Crippen molar-refractivity contribution in [1.29, 1.82) is 0 Å². The van der Waals surface area contributed by atoms with Crippen LogP contribution in [0.2, 0.25) is 0 Å². The summed E-state index contributed by atoms with van der Waals surface area (Å²) < 4.78 is 16.5. The highest BCUT2D eigenvalue weighted by molar-refractivity contribution is 7.22. The number of anilines is 1. The summed E-state index contributed by atoms with van der Waals surface area (Å²) in [6, 6.07) is 8.98. The fourth-order valence-corrected chi connectivity index (χ4v) is 3.89. The number of nitrogens with zero attached hydrogens (tertiary/aromatic N) is 1. The van der Waals surface area contributed by atoms with Crippen LogP contribution in [0.5, 0.6) is 11.5 Å². The molecule has 0 aliphatic heterocycles. The normalized spacial score (nSPS) is 10.6. The second-order valence-corrected chi connectivity index (χ2v) is 7.14. The van der Waals surface area contributed by atoms with Crippen molar-refractivity contribution >= 4 is 38.6 Å². The molecular formula is C20H20N2O5S. The minimum atomic E-state index is -0.708. The minimum Gasteiger partial charge on any atom is -0.496 e. The molecule has 146 valence electrons. The number of rotatable bonds is 6. The first-order valence-corrected chi connectivity index (χ1v) is 9.30. The van der Waals surface area contributed by atoms with Gasteiger partial charge >= 0.3 is 5.97 Å². The van der Waals surface area contributed by atoms with Crippen LogP contribution < -0.4 is 14.8 Å². The number of carbonyl (C=O) groups excluding carboxylic acids is 2. The van der Waals surface area contributed by atoms with Gasteiger partial charge in [0.2, 0.25) is 0 Å². The molecular weight excluding hydrogens is 380 g/mol. The van der Waals surface area contributed by atoms with E-state index in [1.807, 2.05) is 26.0 Å². The summed E-state index contributed by atoms with van der Waals surface area (Å²) in [4.78, 5) is 29.0. The first kappa shape index (κ1) is 19.6. The van der Waals surface area contributed by atoms with Crippen LogP contribution in [-0.2, 0) is 9.53 Å². The number of carbonyl (C=O) groups is 2. The third-order valence-electron chi connectivity index (χ3n) is 4.04. The number of aryl methyl sites for hydroxylation is 2. The Kier molecular flexibility index (Phi) is 5.79. The van der Waals surface area contributed by atoms with Gasteiger partial charge in [-0.05, 0) is 43.2 Å². The number of esters is 1. The Morgan fingerprint density at radius 1 is 1.11 bits per heavy atom. The van der Waals surface area contributed by atoms with Gasteiger partial charge in [0.15, 0.2) is 11.7 Å². The third kappa shape index (κ3) is 4.07. The van der Waals surface area contributed by atoms with E-state index in [-0.39, 0.29) is 5.56 Å². The highest BCUT2D eigenvalue weighted by Crippen LogP contribution is 2.30. The lowest BCUT2D eigenvalue weighted by atomic mass is 10.1. The van der Waals surface area contributed by atoms with Crippen LogP contribution in [0.4, 0.5) is 5.13 Å². The second kappa shape index (κ2) is 8.26. The molecule has 0 atom stereocenters. The molecule has 0 unspecified atom stereocenters. The molecule has 0 bridgehead atoms. The van der Waals surface area contributed by atoms with Gasteiger partial charge in [0.1, 0.15) is 17.1 Å². The van der Waals surface area contributed by atoms with Crippen LogP contribution in [0.1, 0.15) is 21.5 Å². The molecule has 0 fully saturated rings. The predicted molar refractivity (Wildman–Crippen MR) is 108 cm³/mol. The van der Waals surface area contributed by atoms with Gasteiger partial charge in [-0.15, -0.1) is 0 Å². The fourth-order valence-electron chi connectivity index (χ4n) is 2.84. The summed E-state index contributed by atoms with van der Waals surface area (Å²) in [6.45, 7) is 3.53. The number of fused-ring (bicyclic) bond motifs is 1. The molecule has 7 nitrogen and oxygen atoms in total. The summed E-state index contributed by atoms with van der Waals surface area (Å²) in [5, 5.41) is 3.13. The van der Waals surface area contributed by atoms with E-state index in [0.717, 1.165) is 21.3 Å². The number of nitrogens with one attached hydrogen (secondary N) is 1. The number of methoxy groups -OCH3 is 2. The highest BCUT2D eigenvalue weighted by atomic mass is 32.1. The smallest absolute Gasteiger partial charge is 0.346 e. The first-order valence-electron chi connectivity index (χ1n) is 8.48. The first-order chi connectivity index (χ1) is 13.4. The van der Waals surface area contributed by atoms with Gasteiger partial charge in [-0.2, -0.15) is 0 Å². The van der Waals surface area contributed by atoms with E-state index in [1.165, 1.54) is 25.6 Å². The Morgan fingerprint density at radius 3 is 2.43 bits per heavy atom. The zero-order valence-electron chi connectivity index (χ0n) is 16.0. The molecule has 8 heteroatoms. The maximum Gasteiger partial charge on any atom is 0.346 e. The van der Waals surface area contributed by atoms with Crippen molar-refractivity contribution < 1.29 is 23.8 Å². The molecule has 3 aromatic rings. The molecule has 0 spiro atoms. The third-order valence-corrected chi connectivity index (χ3v) is 4.96. The number of amides is 1.